The van der Waals surface area contributed by atoms with Crippen LogP contribution in [0.3, 0.4) is 0 Å². The Balaban J connectivity index is 0.00000576. The summed E-state index contributed by atoms with van der Waals surface area (Å²) in [5.74, 6) is 0.786. The summed E-state index contributed by atoms with van der Waals surface area (Å²) < 4.78 is 7.58. The topological polar surface area (TPSA) is 63.5 Å². The van der Waals surface area contributed by atoms with Gasteiger partial charge in [0.1, 0.15) is 0 Å². The number of nitrogens with zero attached hydrogens (tertiary/aromatic N) is 3. The van der Waals surface area contributed by atoms with E-state index in [1.807, 2.05) is 11.7 Å². The molecular formula is C18H36IN5O. The molecule has 0 saturated heterocycles. The lowest BCUT2D eigenvalue weighted by molar-refractivity contribution is 0.0205. The first kappa shape index (κ1) is 24.2. The van der Waals surface area contributed by atoms with Gasteiger partial charge in [-0.15, -0.1) is 24.0 Å². The van der Waals surface area contributed by atoms with Crippen LogP contribution in [0.4, 0.5) is 0 Å². The van der Waals surface area contributed by atoms with E-state index in [2.05, 4.69) is 55.3 Å². The van der Waals surface area contributed by atoms with Gasteiger partial charge in [0, 0.05) is 45.6 Å². The van der Waals surface area contributed by atoms with E-state index in [9.17, 15) is 0 Å². The predicted octanol–water partition coefficient (Wildman–Crippen LogP) is 2.89. The number of aliphatic imine (C=N–C) groups is 1. The summed E-state index contributed by atoms with van der Waals surface area (Å²) in [6, 6.07) is 0. The molecule has 0 aromatic carbocycles. The number of aromatic nitrogens is 2. The van der Waals surface area contributed by atoms with Crippen molar-refractivity contribution in [1.29, 1.82) is 0 Å². The molecule has 1 unspecified atom stereocenters. The first-order valence-electron chi connectivity index (χ1n) is 8.79. The van der Waals surface area contributed by atoms with Gasteiger partial charge in [-0.25, -0.2) is 0 Å². The molecule has 1 atom stereocenters. The Kier molecular flexibility index (Phi) is 10.6. The number of halogens is 1. The molecule has 1 aromatic rings. The van der Waals surface area contributed by atoms with Crippen LogP contribution in [-0.2, 0) is 31.2 Å². The molecule has 0 saturated carbocycles. The summed E-state index contributed by atoms with van der Waals surface area (Å²) in [4.78, 5) is 4.32. The van der Waals surface area contributed by atoms with Crippen LogP contribution in [0.2, 0.25) is 0 Å². The molecule has 0 amide bonds. The number of aryl methyl sites for hydroxylation is 2. The molecule has 1 aromatic heterocycles. The minimum Gasteiger partial charge on any atom is -0.379 e. The van der Waals surface area contributed by atoms with E-state index in [-0.39, 0.29) is 35.5 Å². The number of nitrogens with one attached hydrogen (secondary N) is 2. The Hall–Kier alpha value is -0.830. The van der Waals surface area contributed by atoms with Crippen molar-refractivity contribution in [2.45, 2.75) is 60.1 Å². The molecule has 0 aliphatic heterocycles. The van der Waals surface area contributed by atoms with Crippen LogP contribution >= 0.6 is 24.0 Å². The number of hydrogen-bond donors (Lipinski definition) is 2. The van der Waals surface area contributed by atoms with Gasteiger partial charge in [-0.3, -0.25) is 9.67 Å². The summed E-state index contributed by atoms with van der Waals surface area (Å²) in [7, 11) is 5.56. The molecule has 0 aliphatic rings. The Morgan fingerprint density at radius 3 is 2.32 bits per heavy atom. The smallest absolute Gasteiger partial charge is 0.191 e. The predicted molar refractivity (Wildman–Crippen MR) is 116 cm³/mol. The third-order valence-corrected chi connectivity index (χ3v) is 4.39. The van der Waals surface area contributed by atoms with Crippen LogP contribution in [0, 0.1) is 5.41 Å². The molecule has 0 fully saturated rings. The summed E-state index contributed by atoms with van der Waals surface area (Å²) in [5, 5.41) is 11.4. The number of hydrogen-bond acceptors (Lipinski definition) is 3. The number of guanidine groups is 1. The normalized spacial score (nSPS) is 13.4. The first-order valence-corrected chi connectivity index (χ1v) is 8.79. The lowest BCUT2D eigenvalue weighted by Crippen LogP contribution is -2.45. The van der Waals surface area contributed by atoms with Gasteiger partial charge >= 0.3 is 0 Å². The second-order valence-corrected chi connectivity index (χ2v) is 7.10. The first-order chi connectivity index (χ1) is 11.3. The molecule has 7 heteroatoms. The fourth-order valence-electron chi connectivity index (χ4n) is 2.92. The van der Waals surface area contributed by atoms with Gasteiger partial charge in [-0.2, -0.15) is 5.10 Å². The van der Waals surface area contributed by atoms with Gasteiger partial charge < -0.3 is 15.4 Å². The molecule has 0 radical (unpaired) electrons. The lowest BCUT2D eigenvalue weighted by atomic mass is 9.89. The molecule has 0 bridgehead atoms. The van der Waals surface area contributed by atoms with Gasteiger partial charge in [-0.1, -0.05) is 34.6 Å². The maximum Gasteiger partial charge on any atom is 0.191 e. The van der Waals surface area contributed by atoms with E-state index in [1.165, 1.54) is 11.3 Å². The van der Waals surface area contributed by atoms with Gasteiger partial charge in [0.25, 0.3) is 0 Å². The number of methoxy groups -OCH3 is 1. The zero-order valence-electron chi connectivity index (χ0n) is 17.1. The maximum atomic E-state index is 5.59. The third-order valence-electron chi connectivity index (χ3n) is 4.39. The van der Waals surface area contributed by atoms with Gasteiger partial charge in [0.05, 0.1) is 11.8 Å². The number of ether oxygens (including phenoxy) is 1. The minimum absolute atomic E-state index is 0. The van der Waals surface area contributed by atoms with Crippen molar-refractivity contribution in [3.05, 3.63) is 17.0 Å². The second kappa shape index (κ2) is 11.0. The zero-order chi connectivity index (χ0) is 18.3. The van der Waals surface area contributed by atoms with Gasteiger partial charge in [0.15, 0.2) is 5.96 Å². The van der Waals surface area contributed by atoms with Crippen LogP contribution in [0.25, 0.3) is 0 Å². The van der Waals surface area contributed by atoms with Crippen molar-refractivity contribution in [3.63, 3.8) is 0 Å². The highest BCUT2D eigenvalue weighted by Gasteiger charge is 2.24. The number of rotatable bonds is 7. The van der Waals surface area contributed by atoms with Crippen molar-refractivity contribution in [2.24, 2.45) is 17.5 Å². The van der Waals surface area contributed by atoms with Gasteiger partial charge in [0.2, 0.25) is 0 Å². The molecule has 2 N–H and O–H groups in total. The Morgan fingerprint density at radius 2 is 1.88 bits per heavy atom. The molecule has 25 heavy (non-hydrogen) atoms. The minimum atomic E-state index is 0. The largest absolute Gasteiger partial charge is 0.379 e. The van der Waals surface area contributed by atoms with Crippen molar-refractivity contribution in [2.75, 3.05) is 20.7 Å². The summed E-state index contributed by atoms with van der Waals surface area (Å²) >= 11 is 0. The van der Waals surface area contributed by atoms with E-state index in [4.69, 9.17) is 4.74 Å². The van der Waals surface area contributed by atoms with E-state index in [1.54, 1.807) is 14.2 Å². The van der Waals surface area contributed by atoms with E-state index < -0.39 is 0 Å². The monoisotopic (exact) mass is 465 g/mol. The van der Waals surface area contributed by atoms with Crippen LogP contribution in [0.15, 0.2) is 4.99 Å². The van der Waals surface area contributed by atoms with Crippen LogP contribution < -0.4 is 10.6 Å². The van der Waals surface area contributed by atoms with E-state index in [0.717, 1.165) is 31.0 Å². The second-order valence-electron chi connectivity index (χ2n) is 7.10. The molecule has 1 rings (SSSR count). The van der Waals surface area contributed by atoms with Crippen LogP contribution in [-0.4, -0.2) is 42.5 Å². The molecular weight excluding hydrogens is 429 g/mol. The molecule has 1 heterocycles. The average molecular weight is 465 g/mol. The molecule has 0 spiro atoms. The van der Waals surface area contributed by atoms with Crippen molar-refractivity contribution < 1.29 is 4.74 Å². The highest BCUT2D eigenvalue weighted by molar-refractivity contribution is 14.0. The van der Waals surface area contributed by atoms with E-state index >= 15 is 0 Å². The third kappa shape index (κ3) is 6.77. The molecule has 6 nitrogen and oxygen atoms in total. The highest BCUT2D eigenvalue weighted by atomic mass is 127. The van der Waals surface area contributed by atoms with Crippen molar-refractivity contribution in [1.82, 2.24) is 20.4 Å². The standard InChI is InChI=1S/C18H35N5O.HI/c1-9-14-13(15(10-2)23(7)22-14)11-20-17(19-6)21-12-16(24-8)18(3,4)5;/h16H,9-12H2,1-8H3,(H2,19,20,21);1H. The van der Waals surface area contributed by atoms with Gasteiger partial charge in [-0.05, 0) is 18.3 Å². The summed E-state index contributed by atoms with van der Waals surface area (Å²) in [6.45, 7) is 12.3. The summed E-state index contributed by atoms with van der Waals surface area (Å²) in [6.07, 6.45) is 2.03. The Morgan fingerprint density at radius 1 is 1.24 bits per heavy atom. The van der Waals surface area contributed by atoms with Crippen LogP contribution in [0.5, 0.6) is 0 Å². The zero-order valence-corrected chi connectivity index (χ0v) is 19.4. The SMILES string of the molecule is CCc1nn(C)c(CC)c1CNC(=NC)NCC(OC)C(C)(C)C.I. The van der Waals surface area contributed by atoms with E-state index in [0.29, 0.717) is 6.54 Å². The summed E-state index contributed by atoms with van der Waals surface area (Å²) in [5.41, 5.74) is 3.79. The molecule has 0 aliphatic carbocycles. The van der Waals surface area contributed by atoms with Crippen molar-refractivity contribution in [3.8, 4) is 0 Å². The fraction of sp³-hybridized carbons (Fsp3) is 0.778. The Labute approximate surface area is 170 Å². The highest BCUT2D eigenvalue weighted by Crippen LogP contribution is 2.21. The average Bonchev–Trinajstić information content (AvgIpc) is 2.84. The van der Waals surface area contributed by atoms with Crippen molar-refractivity contribution >= 4 is 29.9 Å². The quantitative estimate of drug-likeness (QED) is 0.369. The fourth-order valence-corrected chi connectivity index (χ4v) is 2.92. The maximum absolute atomic E-state index is 5.59. The van der Waals surface area contributed by atoms with Crippen LogP contribution in [0.1, 0.15) is 51.6 Å². The molecule has 146 valence electrons. The lowest BCUT2D eigenvalue weighted by Gasteiger charge is -2.30. The Bertz CT molecular complexity index is 548.